The van der Waals surface area contributed by atoms with Crippen molar-refractivity contribution in [3.8, 4) is 5.75 Å². The minimum absolute atomic E-state index is 0.469. The summed E-state index contributed by atoms with van der Waals surface area (Å²) in [5.74, 6) is 2.96. The maximum atomic E-state index is 5.43. The summed E-state index contributed by atoms with van der Waals surface area (Å²) in [4.78, 5) is 8.51. The Balaban J connectivity index is 2.02. The van der Waals surface area contributed by atoms with E-state index in [1.54, 1.807) is 13.4 Å². The van der Waals surface area contributed by atoms with E-state index >= 15 is 0 Å². The number of nitrogens with zero attached hydrogens (tertiary/aromatic N) is 2. The minimum atomic E-state index is 0.469. The monoisotopic (exact) mass is 264 g/mol. The summed E-state index contributed by atoms with van der Waals surface area (Å²) in [6.45, 7) is 8.53. The molecule has 2 N–H and O–H groups in total. The molecular weight excluding hydrogens is 240 g/mol. The highest BCUT2D eigenvalue weighted by molar-refractivity contribution is 5.63. The molecule has 19 heavy (non-hydrogen) atoms. The number of hydrogen-bond acceptors (Lipinski definition) is 5. The average Bonchev–Trinajstić information content (AvgIpc) is 3.01. The van der Waals surface area contributed by atoms with Crippen LogP contribution in [-0.2, 0) is 0 Å². The van der Waals surface area contributed by atoms with Gasteiger partial charge in [0.05, 0.1) is 7.11 Å². The van der Waals surface area contributed by atoms with Gasteiger partial charge in [0.2, 0.25) is 5.75 Å². The second-order valence-corrected chi connectivity index (χ2v) is 5.80. The summed E-state index contributed by atoms with van der Waals surface area (Å²) in [7, 11) is 1.65. The Morgan fingerprint density at radius 3 is 2.47 bits per heavy atom. The van der Waals surface area contributed by atoms with Gasteiger partial charge in [0.15, 0.2) is 11.6 Å². The summed E-state index contributed by atoms with van der Waals surface area (Å²) < 4.78 is 5.43. The molecule has 1 aliphatic rings. The van der Waals surface area contributed by atoms with Crippen molar-refractivity contribution < 1.29 is 4.74 Å². The molecular formula is C14H24N4O. The molecule has 1 aromatic heterocycles. The topological polar surface area (TPSA) is 59.1 Å². The number of ether oxygens (including phenoxy) is 1. The molecule has 1 aromatic rings. The molecule has 2 rings (SSSR count). The summed E-state index contributed by atoms with van der Waals surface area (Å²) in [6.07, 6.45) is 3.89. The van der Waals surface area contributed by atoms with Crippen LogP contribution in [0.1, 0.15) is 33.6 Å². The van der Waals surface area contributed by atoms with E-state index in [1.807, 2.05) is 0 Å². The predicted octanol–water partition coefficient (Wildman–Crippen LogP) is 2.77. The Morgan fingerprint density at radius 1 is 1.32 bits per heavy atom. The van der Waals surface area contributed by atoms with Gasteiger partial charge < -0.3 is 15.4 Å². The fraction of sp³-hybridized carbons (Fsp3) is 0.714. The molecule has 1 unspecified atom stereocenters. The molecule has 1 fully saturated rings. The van der Waals surface area contributed by atoms with Crippen molar-refractivity contribution in [3.63, 3.8) is 0 Å². The second-order valence-electron chi connectivity index (χ2n) is 5.80. The third kappa shape index (κ3) is 3.28. The van der Waals surface area contributed by atoms with Crippen LogP contribution in [0.25, 0.3) is 0 Å². The Morgan fingerprint density at radius 2 is 1.95 bits per heavy atom. The summed E-state index contributed by atoms with van der Waals surface area (Å²) in [6, 6.07) is 0. The first-order valence-corrected chi connectivity index (χ1v) is 6.95. The Bertz CT molecular complexity index is 433. The van der Waals surface area contributed by atoms with E-state index in [0.29, 0.717) is 11.2 Å². The van der Waals surface area contributed by atoms with E-state index < -0.39 is 0 Å². The molecule has 0 amide bonds. The fourth-order valence-corrected chi connectivity index (χ4v) is 2.21. The fourth-order valence-electron chi connectivity index (χ4n) is 2.21. The van der Waals surface area contributed by atoms with Crippen molar-refractivity contribution in [2.24, 2.45) is 11.3 Å². The highest BCUT2D eigenvalue weighted by Gasteiger charge is 2.45. The van der Waals surface area contributed by atoms with Crippen LogP contribution in [0.2, 0.25) is 0 Å². The molecule has 5 nitrogen and oxygen atoms in total. The normalized spacial score (nSPS) is 19.9. The van der Waals surface area contributed by atoms with E-state index in [-0.39, 0.29) is 0 Å². The third-order valence-corrected chi connectivity index (χ3v) is 3.78. The van der Waals surface area contributed by atoms with E-state index in [4.69, 9.17) is 4.74 Å². The van der Waals surface area contributed by atoms with Crippen molar-refractivity contribution in [2.75, 3.05) is 30.8 Å². The molecule has 0 aliphatic heterocycles. The average molecular weight is 264 g/mol. The van der Waals surface area contributed by atoms with Gasteiger partial charge in [0.25, 0.3) is 0 Å². The lowest BCUT2D eigenvalue weighted by Crippen LogP contribution is -2.12. The lowest BCUT2D eigenvalue weighted by atomic mass is 10.1. The predicted molar refractivity (Wildman–Crippen MR) is 77.7 cm³/mol. The SMILES string of the molecule is CCCNc1ncnc(NCC2CC2(C)C)c1OC. The van der Waals surface area contributed by atoms with Crippen molar-refractivity contribution in [3.05, 3.63) is 6.33 Å². The van der Waals surface area contributed by atoms with Crippen molar-refractivity contribution >= 4 is 11.6 Å². The molecule has 0 radical (unpaired) electrons. The zero-order chi connectivity index (χ0) is 13.9. The zero-order valence-corrected chi connectivity index (χ0v) is 12.3. The largest absolute Gasteiger partial charge is 0.490 e. The van der Waals surface area contributed by atoms with Crippen LogP contribution in [0.3, 0.4) is 0 Å². The molecule has 1 heterocycles. The molecule has 0 bridgehead atoms. The molecule has 106 valence electrons. The van der Waals surface area contributed by atoms with Crippen LogP contribution < -0.4 is 15.4 Å². The lowest BCUT2D eigenvalue weighted by Gasteiger charge is -2.14. The Kier molecular flexibility index (Phi) is 4.12. The van der Waals surface area contributed by atoms with Crippen LogP contribution in [0.4, 0.5) is 11.6 Å². The second kappa shape index (κ2) is 5.63. The highest BCUT2D eigenvalue weighted by atomic mass is 16.5. The third-order valence-electron chi connectivity index (χ3n) is 3.78. The number of rotatable bonds is 7. The number of aromatic nitrogens is 2. The van der Waals surface area contributed by atoms with Crippen LogP contribution in [0.5, 0.6) is 5.75 Å². The van der Waals surface area contributed by atoms with Gasteiger partial charge in [-0.15, -0.1) is 0 Å². The van der Waals surface area contributed by atoms with Crippen molar-refractivity contribution in [1.29, 1.82) is 0 Å². The minimum Gasteiger partial charge on any atom is -0.490 e. The van der Waals surface area contributed by atoms with Gasteiger partial charge in [-0.1, -0.05) is 20.8 Å². The molecule has 5 heteroatoms. The first kappa shape index (κ1) is 13.9. The zero-order valence-electron chi connectivity index (χ0n) is 12.3. The van der Waals surface area contributed by atoms with E-state index in [0.717, 1.165) is 37.1 Å². The summed E-state index contributed by atoms with van der Waals surface area (Å²) in [5.41, 5.74) is 0.469. The van der Waals surface area contributed by atoms with E-state index in [1.165, 1.54) is 6.42 Å². The van der Waals surface area contributed by atoms with E-state index in [9.17, 15) is 0 Å². The number of methoxy groups -OCH3 is 1. The summed E-state index contributed by atoms with van der Waals surface area (Å²) >= 11 is 0. The number of hydrogen-bond donors (Lipinski definition) is 2. The highest BCUT2D eigenvalue weighted by Crippen LogP contribution is 2.51. The molecule has 1 saturated carbocycles. The Hall–Kier alpha value is -1.52. The molecule has 0 saturated heterocycles. The van der Waals surface area contributed by atoms with Gasteiger partial charge in [0.1, 0.15) is 6.33 Å². The van der Waals surface area contributed by atoms with Crippen LogP contribution in [0, 0.1) is 11.3 Å². The van der Waals surface area contributed by atoms with E-state index in [2.05, 4.69) is 41.4 Å². The van der Waals surface area contributed by atoms with Crippen molar-refractivity contribution in [1.82, 2.24) is 9.97 Å². The number of anilines is 2. The van der Waals surface area contributed by atoms with Crippen LogP contribution in [-0.4, -0.2) is 30.2 Å². The van der Waals surface area contributed by atoms with Gasteiger partial charge in [-0.3, -0.25) is 0 Å². The maximum absolute atomic E-state index is 5.43. The molecule has 0 spiro atoms. The smallest absolute Gasteiger partial charge is 0.204 e. The van der Waals surface area contributed by atoms with Gasteiger partial charge in [-0.25, -0.2) is 9.97 Å². The maximum Gasteiger partial charge on any atom is 0.204 e. The number of nitrogens with one attached hydrogen (secondary N) is 2. The molecule has 1 atom stereocenters. The first-order chi connectivity index (χ1) is 9.08. The molecule has 0 aromatic carbocycles. The lowest BCUT2D eigenvalue weighted by molar-refractivity contribution is 0.414. The molecule has 1 aliphatic carbocycles. The van der Waals surface area contributed by atoms with Crippen LogP contribution >= 0.6 is 0 Å². The quantitative estimate of drug-likeness (QED) is 0.793. The standard InChI is InChI=1S/C14H24N4O/c1-5-6-15-12-11(19-4)13(18-9-17-12)16-8-10-7-14(10,2)3/h9-10H,5-8H2,1-4H3,(H2,15,16,17,18). The van der Waals surface area contributed by atoms with Gasteiger partial charge >= 0.3 is 0 Å². The van der Waals surface area contributed by atoms with Crippen molar-refractivity contribution in [2.45, 2.75) is 33.6 Å². The first-order valence-electron chi connectivity index (χ1n) is 6.95. The van der Waals surface area contributed by atoms with Gasteiger partial charge in [0, 0.05) is 13.1 Å². The van der Waals surface area contributed by atoms with Gasteiger partial charge in [-0.2, -0.15) is 0 Å². The summed E-state index contributed by atoms with van der Waals surface area (Å²) in [5, 5.41) is 6.64. The van der Waals surface area contributed by atoms with Gasteiger partial charge in [-0.05, 0) is 24.2 Å². The Labute approximate surface area is 115 Å². The van der Waals surface area contributed by atoms with Crippen LogP contribution in [0.15, 0.2) is 6.33 Å².